The van der Waals surface area contributed by atoms with E-state index in [4.69, 9.17) is 0 Å². The summed E-state index contributed by atoms with van der Waals surface area (Å²) in [6.07, 6.45) is -6.41. The van der Waals surface area contributed by atoms with Crippen LogP contribution in [-0.4, -0.2) is 42.3 Å². The van der Waals surface area contributed by atoms with Crippen molar-refractivity contribution in [2.75, 3.05) is 18.5 Å². The quantitative estimate of drug-likeness (QED) is 0.892. The molecule has 1 aromatic rings. The molecule has 0 bridgehead atoms. The van der Waals surface area contributed by atoms with Crippen LogP contribution in [0.4, 0.5) is 23.7 Å². The molecule has 25 heavy (non-hydrogen) atoms. The van der Waals surface area contributed by atoms with Gasteiger partial charge in [-0.1, -0.05) is 32.9 Å². The molecule has 5 nitrogen and oxygen atoms in total. The molecule has 2 amide bonds. The summed E-state index contributed by atoms with van der Waals surface area (Å²) in [5, 5.41) is 2.34. The molecule has 0 spiro atoms. The first kappa shape index (κ1) is 19.1. The predicted octanol–water partition coefficient (Wildman–Crippen LogP) is 3.70. The molecule has 1 atom stereocenters. The van der Waals surface area contributed by atoms with E-state index in [2.05, 4.69) is 10.1 Å². The number of benzene rings is 1. The number of cyclic esters (lactones) is 1. The monoisotopic (exact) mass is 358 g/mol. The van der Waals surface area contributed by atoms with Gasteiger partial charge in [0.25, 0.3) is 0 Å². The van der Waals surface area contributed by atoms with Gasteiger partial charge in [0, 0.05) is 5.69 Å². The van der Waals surface area contributed by atoms with Crippen molar-refractivity contribution in [2.24, 2.45) is 0 Å². The van der Waals surface area contributed by atoms with E-state index in [0.717, 1.165) is 5.56 Å². The van der Waals surface area contributed by atoms with Crippen molar-refractivity contribution in [3.63, 3.8) is 0 Å². The minimum absolute atomic E-state index is 0.00293. The molecule has 1 unspecified atom stereocenters. The fraction of sp³-hybridized carbons (Fsp3) is 0.529. The van der Waals surface area contributed by atoms with Crippen molar-refractivity contribution >= 4 is 17.7 Å². The van der Waals surface area contributed by atoms with Crippen molar-refractivity contribution in [2.45, 2.75) is 44.8 Å². The van der Waals surface area contributed by atoms with Gasteiger partial charge in [0.1, 0.15) is 12.6 Å². The molecule has 1 N–H and O–H groups in total. The third-order valence-electron chi connectivity index (χ3n) is 3.93. The Kier molecular flexibility index (Phi) is 5.29. The predicted molar refractivity (Wildman–Crippen MR) is 86.3 cm³/mol. The van der Waals surface area contributed by atoms with E-state index >= 15 is 0 Å². The molecule has 138 valence electrons. The number of ether oxygens (including phenoxy) is 1. The van der Waals surface area contributed by atoms with Crippen molar-refractivity contribution in [3.05, 3.63) is 29.8 Å². The Morgan fingerprint density at radius 1 is 1.24 bits per heavy atom. The Bertz CT molecular complexity index is 636. The number of amides is 2. The summed E-state index contributed by atoms with van der Waals surface area (Å²) in [4.78, 5) is 24.0. The molecule has 8 heteroatoms. The van der Waals surface area contributed by atoms with Gasteiger partial charge in [-0.3, -0.25) is 4.79 Å². The molecule has 1 aliphatic rings. The van der Waals surface area contributed by atoms with Crippen LogP contribution in [0.2, 0.25) is 0 Å². The zero-order chi connectivity index (χ0) is 18.8. The first-order valence-corrected chi connectivity index (χ1v) is 7.89. The number of carbonyl (C=O) groups excluding carboxylic acids is 2. The number of hydrogen-bond donors (Lipinski definition) is 1. The van der Waals surface area contributed by atoms with E-state index in [0.29, 0.717) is 4.90 Å². The summed E-state index contributed by atoms with van der Waals surface area (Å²) in [7, 11) is 0. The van der Waals surface area contributed by atoms with E-state index in [1.54, 1.807) is 24.3 Å². The second kappa shape index (κ2) is 6.93. The SMILES string of the molecule is CC(C)(C)c1ccc(NC(CC(=O)N2CCOC2=O)C(F)(F)F)cc1. The maximum Gasteiger partial charge on any atom is 0.416 e. The number of carbonyl (C=O) groups is 2. The second-order valence-electron chi connectivity index (χ2n) is 6.93. The van der Waals surface area contributed by atoms with Gasteiger partial charge in [-0.05, 0) is 23.1 Å². The highest BCUT2D eigenvalue weighted by molar-refractivity contribution is 5.93. The second-order valence-corrected chi connectivity index (χ2v) is 6.93. The Balaban J connectivity index is 2.10. The number of rotatable bonds is 4. The number of hydrogen-bond acceptors (Lipinski definition) is 4. The van der Waals surface area contributed by atoms with Gasteiger partial charge in [-0.2, -0.15) is 13.2 Å². The zero-order valence-corrected chi connectivity index (χ0v) is 14.3. The molecule has 1 heterocycles. The van der Waals surface area contributed by atoms with E-state index in [1.807, 2.05) is 20.8 Å². The zero-order valence-electron chi connectivity index (χ0n) is 14.3. The van der Waals surface area contributed by atoms with E-state index in [1.165, 1.54) is 0 Å². The topological polar surface area (TPSA) is 58.6 Å². The highest BCUT2D eigenvalue weighted by Crippen LogP contribution is 2.28. The van der Waals surface area contributed by atoms with Crippen molar-refractivity contribution in [1.82, 2.24) is 4.90 Å². The summed E-state index contributed by atoms with van der Waals surface area (Å²) in [5.74, 6) is -0.913. The number of halogens is 3. The molecular weight excluding hydrogens is 337 g/mol. The number of nitrogens with one attached hydrogen (secondary N) is 1. The highest BCUT2D eigenvalue weighted by atomic mass is 19.4. The van der Waals surface area contributed by atoms with Crippen molar-refractivity contribution in [1.29, 1.82) is 0 Å². The lowest BCUT2D eigenvalue weighted by Crippen LogP contribution is -2.42. The summed E-state index contributed by atoms with van der Waals surface area (Å²) in [6, 6.07) is 4.50. The summed E-state index contributed by atoms with van der Waals surface area (Å²) < 4.78 is 44.4. The third-order valence-corrected chi connectivity index (χ3v) is 3.93. The molecule has 1 fully saturated rings. The van der Waals surface area contributed by atoms with Crippen molar-refractivity contribution < 1.29 is 27.5 Å². The van der Waals surface area contributed by atoms with Crippen LogP contribution in [0.15, 0.2) is 24.3 Å². The minimum atomic E-state index is -4.64. The van der Waals surface area contributed by atoms with Gasteiger partial charge < -0.3 is 10.1 Å². The normalized spacial score (nSPS) is 16.6. The maximum atomic E-state index is 13.3. The fourth-order valence-corrected chi connectivity index (χ4v) is 2.42. The molecular formula is C17H21F3N2O3. The first-order chi connectivity index (χ1) is 11.5. The number of anilines is 1. The van der Waals surface area contributed by atoms with Crippen LogP contribution in [0.1, 0.15) is 32.8 Å². The van der Waals surface area contributed by atoms with Gasteiger partial charge in [-0.25, -0.2) is 9.69 Å². The molecule has 0 saturated carbocycles. The summed E-state index contributed by atoms with van der Waals surface area (Å²) in [5.41, 5.74) is 1.12. The van der Waals surface area contributed by atoms with Gasteiger partial charge in [0.15, 0.2) is 0 Å². The Hall–Kier alpha value is -2.25. The highest BCUT2D eigenvalue weighted by Gasteiger charge is 2.43. The molecule has 2 rings (SSSR count). The fourth-order valence-electron chi connectivity index (χ4n) is 2.42. The summed E-state index contributed by atoms with van der Waals surface area (Å²) in [6.45, 7) is 5.98. The largest absolute Gasteiger partial charge is 0.447 e. The van der Waals surface area contributed by atoms with Gasteiger partial charge in [0.2, 0.25) is 5.91 Å². The van der Waals surface area contributed by atoms with E-state index in [9.17, 15) is 22.8 Å². The average Bonchev–Trinajstić information content (AvgIpc) is 2.91. The van der Waals surface area contributed by atoms with Crippen LogP contribution in [-0.2, 0) is 14.9 Å². The smallest absolute Gasteiger partial charge is 0.416 e. The van der Waals surface area contributed by atoms with Crippen molar-refractivity contribution in [3.8, 4) is 0 Å². The van der Waals surface area contributed by atoms with Crippen LogP contribution in [0.25, 0.3) is 0 Å². The number of imide groups is 1. The molecule has 1 aromatic carbocycles. The van der Waals surface area contributed by atoms with Crippen LogP contribution >= 0.6 is 0 Å². The lowest BCUT2D eigenvalue weighted by molar-refractivity contribution is -0.153. The Morgan fingerprint density at radius 2 is 1.84 bits per heavy atom. The Morgan fingerprint density at radius 3 is 2.28 bits per heavy atom. The molecule has 1 aliphatic heterocycles. The minimum Gasteiger partial charge on any atom is -0.447 e. The standard InChI is InChI=1S/C17H21F3N2O3/c1-16(2,3)11-4-6-12(7-5-11)21-13(17(18,19)20)10-14(23)22-8-9-25-15(22)24/h4-7,13,21H,8-10H2,1-3H3. The molecule has 0 radical (unpaired) electrons. The lowest BCUT2D eigenvalue weighted by atomic mass is 9.87. The van der Waals surface area contributed by atoms with Gasteiger partial charge in [0.05, 0.1) is 13.0 Å². The third kappa shape index (κ3) is 4.87. The number of nitrogens with zero attached hydrogens (tertiary/aromatic N) is 1. The first-order valence-electron chi connectivity index (χ1n) is 7.89. The van der Waals surface area contributed by atoms with Gasteiger partial charge >= 0.3 is 12.3 Å². The lowest BCUT2D eigenvalue weighted by Gasteiger charge is -2.24. The van der Waals surface area contributed by atoms with Gasteiger partial charge in [-0.15, -0.1) is 0 Å². The Labute approximate surface area is 144 Å². The van der Waals surface area contributed by atoms with E-state index in [-0.39, 0.29) is 24.3 Å². The molecule has 0 aliphatic carbocycles. The van der Waals surface area contributed by atoms with E-state index < -0.39 is 30.6 Å². The van der Waals surface area contributed by atoms with Crippen LogP contribution in [0.3, 0.4) is 0 Å². The van der Waals surface area contributed by atoms with Crippen LogP contribution in [0, 0.1) is 0 Å². The maximum absolute atomic E-state index is 13.3. The number of alkyl halides is 3. The molecule has 1 saturated heterocycles. The molecule has 0 aromatic heterocycles. The van der Waals surface area contributed by atoms with Crippen LogP contribution in [0.5, 0.6) is 0 Å². The van der Waals surface area contributed by atoms with Crippen LogP contribution < -0.4 is 5.32 Å². The summed E-state index contributed by atoms with van der Waals surface area (Å²) >= 11 is 0. The average molecular weight is 358 g/mol.